The number of ether oxygens (including phenoxy) is 1. The maximum absolute atomic E-state index is 12.0. The van der Waals surface area contributed by atoms with E-state index < -0.39 is 12.0 Å². The van der Waals surface area contributed by atoms with Crippen LogP contribution in [0.25, 0.3) is 0 Å². The highest BCUT2D eigenvalue weighted by Crippen LogP contribution is 2.22. The van der Waals surface area contributed by atoms with Crippen LogP contribution in [0.1, 0.15) is 30.2 Å². The molecule has 0 saturated carbocycles. The minimum atomic E-state index is -0.934. The van der Waals surface area contributed by atoms with Crippen molar-refractivity contribution in [1.82, 2.24) is 5.32 Å². The number of rotatable bonds is 9. The second-order valence-corrected chi connectivity index (χ2v) is 5.98. The zero-order valence-corrected chi connectivity index (χ0v) is 13.4. The number of carbonyl (C=O) groups excluding carboxylic acids is 1. The molecular formula is C17H19NO4S. The monoisotopic (exact) mass is 333 g/mol. The second-order valence-electron chi connectivity index (χ2n) is 5.00. The smallest absolute Gasteiger partial charge is 0.305 e. The molecule has 1 aromatic carbocycles. The molecule has 0 fully saturated rings. The van der Waals surface area contributed by atoms with Gasteiger partial charge in [-0.15, -0.1) is 11.3 Å². The molecule has 0 spiro atoms. The van der Waals surface area contributed by atoms with E-state index in [2.05, 4.69) is 5.32 Å². The fourth-order valence-corrected chi connectivity index (χ4v) is 2.87. The van der Waals surface area contributed by atoms with E-state index >= 15 is 0 Å². The molecule has 0 radical (unpaired) electrons. The minimum Gasteiger partial charge on any atom is -0.494 e. The Morgan fingerprint density at radius 2 is 1.96 bits per heavy atom. The normalized spacial score (nSPS) is 11.7. The molecule has 0 saturated heterocycles. The Morgan fingerprint density at radius 3 is 2.61 bits per heavy atom. The lowest BCUT2D eigenvalue weighted by Crippen LogP contribution is -2.29. The summed E-state index contributed by atoms with van der Waals surface area (Å²) >= 11 is 1.44. The Labute approximate surface area is 138 Å². The Morgan fingerprint density at radius 1 is 1.17 bits per heavy atom. The Hall–Kier alpha value is -2.34. The summed E-state index contributed by atoms with van der Waals surface area (Å²) in [4.78, 5) is 23.8. The zero-order valence-electron chi connectivity index (χ0n) is 12.6. The van der Waals surface area contributed by atoms with Gasteiger partial charge in [0.2, 0.25) is 5.91 Å². The fraction of sp³-hybridized carbons (Fsp3) is 0.294. The maximum atomic E-state index is 12.0. The molecule has 2 aromatic rings. The van der Waals surface area contributed by atoms with Crippen molar-refractivity contribution in [2.24, 2.45) is 0 Å². The third-order valence-corrected chi connectivity index (χ3v) is 4.15. The van der Waals surface area contributed by atoms with Gasteiger partial charge in [0, 0.05) is 11.3 Å². The predicted molar refractivity (Wildman–Crippen MR) is 88.6 cm³/mol. The summed E-state index contributed by atoms with van der Waals surface area (Å²) in [5.41, 5.74) is 0. The number of thiophene rings is 1. The molecule has 1 aromatic heterocycles. The number of nitrogens with one attached hydrogen (secondary N) is 1. The van der Waals surface area contributed by atoms with Gasteiger partial charge >= 0.3 is 5.97 Å². The van der Waals surface area contributed by atoms with Crippen LogP contribution in [0.3, 0.4) is 0 Å². The lowest BCUT2D eigenvalue weighted by molar-refractivity contribution is -0.137. The summed E-state index contributed by atoms with van der Waals surface area (Å²) in [7, 11) is 0. The van der Waals surface area contributed by atoms with Crippen molar-refractivity contribution in [3.05, 3.63) is 52.7 Å². The quantitative estimate of drug-likeness (QED) is 0.691. The van der Waals surface area contributed by atoms with E-state index in [1.165, 1.54) is 11.3 Å². The van der Waals surface area contributed by atoms with Gasteiger partial charge in [0.05, 0.1) is 19.1 Å². The third kappa shape index (κ3) is 6.12. The van der Waals surface area contributed by atoms with Crippen LogP contribution in [0.5, 0.6) is 5.75 Å². The van der Waals surface area contributed by atoms with Gasteiger partial charge in [-0.3, -0.25) is 9.59 Å². The number of hydrogen-bond acceptors (Lipinski definition) is 4. The summed E-state index contributed by atoms with van der Waals surface area (Å²) in [6, 6.07) is 12.6. The molecule has 0 bridgehead atoms. The third-order valence-electron chi connectivity index (χ3n) is 3.16. The van der Waals surface area contributed by atoms with Crippen molar-refractivity contribution in [2.75, 3.05) is 6.61 Å². The lowest BCUT2D eigenvalue weighted by atomic mass is 10.1. The van der Waals surface area contributed by atoms with E-state index in [-0.39, 0.29) is 12.3 Å². The van der Waals surface area contributed by atoms with Gasteiger partial charge in [-0.2, -0.15) is 0 Å². The number of carbonyl (C=O) groups is 2. The van der Waals surface area contributed by atoms with Gasteiger partial charge < -0.3 is 15.2 Å². The summed E-state index contributed by atoms with van der Waals surface area (Å²) < 4.78 is 5.53. The van der Waals surface area contributed by atoms with Crippen LogP contribution in [0, 0.1) is 0 Å². The van der Waals surface area contributed by atoms with Crippen LogP contribution >= 0.6 is 11.3 Å². The topological polar surface area (TPSA) is 75.6 Å². The number of para-hydroxylation sites is 1. The molecule has 0 aliphatic rings. The van der Waals surface area contributed by atoms with Crippen molar-refractivity contribution < 1.29 is 19.4 Å². The fourth-order valence-electron chi connectivity index (χ4n) is 2.09. The van der Waals surface area contributed by atoms with Crippen molar-refractivity contribution in [3.63, 3.8) is 0 Å². The first-order chi connectivity index (χ1) is 11.1. The number of amides is 1. The molecule has 6 heteroatoms. The van der Waals surface area contributed by atoms with Crippen LogP contribution in [0.2, 0.25) is 0 Å². The van der Waals surface area contributed by atoms with Crippen LogP contribution in [-0.4, -0.2) is 23.6 Å². The number of carboxylic acid groups (broad SMARTS) is 1. The summed E-state index contributed by atoms with van der Waals surface area (Å²) in [6.07, 6.45) is 0.756. The molecule has 1 amide bonds. The first-order valence-corrected chi connectivity index (χ1v) is 8.25. The first-order valence-electron chi connectivity index (χ1n) is 7.37. The molecule has 2 N–H and O–H groups in total. The molecule has 1 heterocycles. The predicted octanol–water partition coefficient (Wildman–Crippen LogP) is 3.24. The van der Waals surface area contributed by atoms with E-state index in [0.717, 1.165) is 10.6 Å². The number of aliphatic carboxylic acids is 1. The van der Waals surface area contributed by atoms with Crippen molar-refractivity contribution in [1.29, 1.82) is 0 Å². The summed E-state index contributed by atoms with van der Waals surface area (Å²) in [6.45, 7) is 0.444. The Balaban J connectivity index is 1.74. The van der Waals surface area contributed by atoms with E-state index in [1.54, 1.807) is 0 Å². The molecule has 2 rings (SSSR count). The SMILES string of the molecule is O=C(O)C[C@@H](NC(=O)CCCOc1ccccc1)c1cccs1. The highest BCUT2D eigenvalue weighted by atomic mass is 32.1. The largest absolute Gasteiger partial charge is 0.494 e. The number of benzene rings is 1. The van der Waals surface area contributed by atoms with Gasteiger partial charge in [0.1, 0.15) is 5.75 Å². The van der Waals surface area contributed by atoms with Crippen molar-refractivity contribution >= 4 is 23.2 Å². The summed E-state index contributed by atoms with van der Waals surface area (Å²) in [5.74, 6) is -0.326. The van der Waals surface area contributed by atoms with Gasteiger partial charge in [-0.05, 0) is 30.0 Å². The first kappa shape index (κ1) is 17.0. The maximum Gasteiger partial charge on any atom is 0.305 e. The number of hydrogen-bond donors (Lipinski definition) is 2. The van der Waals surface area contributed by atoms with E-state index in [1.807, 2.05) is 47.8 Å². The Bertz CT molecular complexity index is 613. The summed E-state index contributed by atoms with van der Waals surface area (Å²) in [5, 5.41) is 13.6. The molecule has 0 aliphatic carbocycles. The highest BCUT2D eigenvalue weighted by Gasteiger charge is 2.18. The van der Waals surface area contributed by atoms with Gasteiger partial charge in [0.15, 0.2) is 0 Å². The molecular weight excluding hydrogens is 314 g/mol. The Kier molecular flexibility index (Phi) is 6.62. The average molecular weight is 333 g/mol. The van der Waals surface area contributed by atoms with E-state index in [0.29, 0.717) is 19.4 Å². The van der Waals surface area contributed by atoms with Crippen LogP contribution in [-0.2, 0) is 9.59 Å². The lowest BCUT2D eigenvalue weighted by Gasteiger charge is -2.15. The standard InChI is InChI=1S/C17H19NO4S/c19-16(9-4-10-22-13-6-2-1-3-7-13)18-14(12-17(20)21)15-8-5-11-23-15/h1-3,5-8,11,14H,4,9-10,12H2,(H,18,19)(H,20,21)/t14-/m1/s1. The molecule has 23 heavy (non-hydrogen) atoms. The van der Waals surface area contributed by atoms with Gasteiger partial charge in [-0.25, -0.2) is 0 Å². The second kappa shape index (κ2) is 8.95. The minimum absolute atomic E-state index is 0.118. The molecule has 1 atom stereocenters. The van der Waals surface area contributed by atoms with E-state index in [9.17, 15) is 9.59 Å². The molecule has 0 aliphatic heterocycles. The van der Waals surface area contributed by atoms with Crippen molar-refractivity contribution in [3.8, 4) is 5.75 Å². The van der Waals surface area contributed by atoms with E-state index in [4.69, 9.17) is 9.84 Å². The van der Waals surface area contributed by atoms with Gasteiger partial charge in [-0.1, -0.05) is 24.3 Å². The van der Waals surface area contributed by atoms with Crippen LogP contribution in [0.4, 0.5) is 0 Å². The molecule has 122 valence electrons. The zero-order chi connectivity index (χ0) is 16.5. The molecule has 5 nitrogen and oxygen atoms in total. The van der Waals surface area contributed by atoms with Gasteiger partial charge in [0.25, 0.3) is 0 Å². The van der Waals surface area contributed by atoms with Crippen LogP contribution in [0.15, 0.2) is 47.8 Å². The highest BCUT2D eigenvalue weighted by molar-refractivity contribution is 7.10. The molecule has 0 unspecified atom stereocenters. The van der Waals surface area contributed by atoms with Crippen molar-refractivity contribution in [2.45, 2.75) is 25.3 Å². The average Bonchev–Trinajstić information content (AvgIpc) is 3.06. The van der Waals surface area contributed by atoms with Crippen LogP contribution < -0.4 is 10.1 Å². The number of carboxylic acids is 1.